The van der Waals surface area contributed by atoms with E-state index in [1.807, 2.05) is 0 Å². The highest BCUT2D eigenvalue weighted by atomic mass is 16.3. The summed E-state index contributed by atoms with van der Waals surface area (Å²) in [5, 5.41) is 9.47. The monoisotopic (exact) mass is 138 g/mol. The summed E-state index contributed by atoms with van der Waals surface area (Å²) in [5.41, 5.74) is 0. The molecule has 0 amide bonds. The molecule has 0 aromatic carbocycles. The van der Waals surface area contributed by atoms with Crippen LogP contribution >= 0.6 is 0 Å². The first-order valence-electron chi connectivity index (χ1n) is 4.22. The van der Waals surface area contributed by atoms with Gasteiger partial charge in [0.15, 0.2) is 0 Å². The summed E-state index contributed by atoms with van der Waals surface area (Å²) >= 11 is 0. The summed E-state index contributed by atoms with van der Waals surface area (Å²) in [7, 11) is 0. The van der Waals surface area contributed by atoms with Gasteiger partial charge in [-0.25, -0.2) is 0 Å². The van der Waals surface area contributed by atoms with Gasteiger partial charge in [0, 0.05) is 5.92 Å². The third kappa shape index (κ3) is 0.891. The number of hydrogen-bond donors (Lipinski definition) is 1. The van der Waals surface area contributed by atoms with Gasteiger partial charge in [0.05, 0.1) is 6.10 Å². The van der Waals surface area contributed by atoms with E-state index in [1.54, 1.807) is 0 Å². The van der Waals surface area contributed by atoms with Crippen molar-refractivity contribution in [1.82, 2.24) is 0 Å². The van der Waals surface area contributed by atoms with Gasteiger partial charge < -0.3 is 5.11 Å². The Balaban J connectivity index is 2.13. The Morgan fingerprint density at radius 1 is 1.20 bits per heavy atom. The zero-order valence-electron chi connectivity index (χ0n) is 6.16. The van der Waals surface area contributed by atoms with Crippen molar-refractivity contribution >= 4 is 0 Å². The molecule has 0 radical (unpaired) electrons. The zero-order valence-corrected chi connectivity index (χ0v) is 6.16. The maximum atomic E-state index is 9.47. The van der Waals surface area contributed by atoms with Gasteiger partial charge in [-0.15, -0.1) is 0 Å². The van der Waals surface area contributed by atoms with Crippen LogP contribution in [0.15, 0.2) is 12.2 Å². The van der Waals surface area contributed by atoms with Crippen LogP contribution in [0.3, 0.4) is 0 Å². The van der Waals surface area contributed by atoms with Gasteiger partial charge in [-0.1, -0.05) is 12.2 Å². The van der Waals surface area contributed by atoms with Gasteiger partial charge in [0.25, 0.3) is 0 Å². The first kappa shape index (κ1) is 6.41. The second kappa shape index (κ2) is 2.39. The van der Waals surface area contributed by atoms with Crippen molar-refractivity contribution in [1.29, 1.82) is 0 Å². The predicted molar refractivity (Wildman–Crippen MR) is 40.6 cm³/mol. The van der Waals surface area contributed by atoms with Crippen LogP contribution in [0.1, 0.15) is 25.7 Å². The minimum atomic E-state index is -0.0263. The fourth-order valence-electron chi connectivity index (χ4n) is 2.27. The summed E-state index contributed by atoms with van der Waals surface area (Å²) in [6, 6.07) is 0. The van der Waals surface area contributed by atoms with E-state index < -0.39 is 0 Å². The standard InChI is InChI=1S/C9H14O/c10-9-6-5-7-3-1-2-4-8(7)9/h2,4,7-10H,1,3,5-6H2/t7-,8-,9-/m1/s1. The molecule has 3 atom stereocenters. The number of fused-ring (bicyclic) bond motifs is 1. The van der Waals surface area contributed by atoms with Crippen LogP contribution < -0.4 is 0 Å². The quantitative estimate of drug-likeness (QED) is 0.505. The van der Waals surface area contributed by atoms with Gasteiger partial charge in [-0.2, -0.15) is 0 Å². The van der Waals surface area contributed by atoms with Crippen LogP contribution in [0.2, 0.25) is 0 Å². The topological polar surface area (TPSA) is 20.2 Å². The van der Waals surface area contributed by atoms with Crippen molar-refractivity contribution < 1.29 is 5.11 Å². The summed E-state index contributed by atoms with van der Waals surface area (Å²) < 4.78 is 0. The van der Waals surface area contributed by atoms with Crippen LogP contribution in [-0.4, -0.2) is 11.2 Å². The van der Waals surface area contributed by atoms with Crippen LogP contribution in [0.4, 0.5) is 0 Å². The van der Waals surface area contributed by atoms with Crippen molar-refractivity contribution in [3.05, 3.63) is 12.2 Å². The lowest BCUT2D eigenvalue weighted by molar-refractivity contribution is 0.138. The molecule has 2 aliphatic carbocycles. The fraction of sp³-hybridized carbons (Fsp3) is 0.778. The lowest BCUT2D eigenvalue weighted by Crippen LogP contribution is -2.18. The van der Waals surface area contributed by atoms with Gasteiger partial charge in [0.2, 0.25) is 0 Å². The minimum absolute atomic E-state index is 0.0263. The highest BCUT2D eigenvalue weighted by molar-refractivity contribution is 5.03. The van der Waals surface area contributed by atoms with E-state index in [2.05, 4.69) is 12.2 Å². The Hall–Kier alpha value is -0.300. The van der Waals surface area contributed by atoms with Gasteiger partial charge in [0.1, 0.15) is 0 Å². The molecule has 2 rings (SSSR count). The Morgan fingerprint density at radius 3 is 2.90 bits per heavy atom. The molecule has 2 aliphatic rings. The van der Waals surface area contributed by atoms with Crippen molar-refractivity contribution in [2.24, 2.45) is 11.8 Å². The molecule has 1 fully saturated rings. The Kier molecular flexibility index (Phi) is 1.53. The third-order valence-electron chi connectivity index (χ3n) is 2.88. The van der Waals surface area contributed by atoms with Gasteiger partial charge >= 0.3 is 0 Å². The Morgan fingerprint density at radius 2 is 2.10 bits per heavy atom. The van der Waals surface area contributed by atoms with E-state index in [-0.39, 0.29) is 6.10 Å². The second-order valence-electron chi connectivity index (χ2n) is 3.49. The normalized spacial score (nSPS) is 45.5. The van der Waals surface area contributed by atoms with Crippen LogP contribution in [-0.2, 0) is 0 Å². The average molecular weight is 138 g/mol. The smallest absolute Gasteiger partial charge is 0.0605 e. The van der Waals surface area contributed by atoms with E-state index in [9.17, 15) is 5.11 Å². The summed E-state index contributed by atoms with van der Waals surface area (Å²) in [5.74, 6) is 1.31. The molecule has 0 saturated heterocycles. The van der Waals surface area contributed by atoms with Gasteiger partial charge in [-0.3, -0.25) is 0 Å². The highest BCUT2D eigenvalue weighted by Gasteiger charge is 2.33. The maximum Gasteiger partial charge on any atom is 0.0605 e. The summed E-state index contributed by atoms with van der Waals surface area (Å²) in [6.45, 7) is 0. The third-order valence-corrected chi connectivity index (χ3v) is 2.88. The fourth-order valence-corrected chi connectivity index (χ4v) is 2.27. The largest absolute Gasteiger partial charge is 0.393 e. The Bertz CT molecular complexity index is 151. The molecule has 0 unspecified atom stereocenters. The molecule has 1 nitrogen and oxygen atoms in total. The van der Waals surface area contributed by atoms with Crippen LogP contribution in [0, 0.1) is 11.8 Å². The first-order valence-corrected chi connectivity index (χ1v) is 4.22. The molecular weight excluding hydrogens is 124 g/mol. The number of hydrogen-bond acceptors (Lipinski definition) is 1. The summed E-state index contributed by atoms with van der Waals surface area (Å²) in [4.78, 5) is 0. The van der Waals surface area contributed by atoms with Crippen LogP contribution in [0.25, 0.3) is 0 Å². The molecule has 1 N–H and O–H groups in total. The number of allylic oxidation sites excluding steroid dienone is 1. The SMILES string of the molecule is O[C@@H]1CC[C@H]2CCC=C[C@H]21. The van der Waals surface area contributed by atoms with Crippen molar-refractivity contribution in [2.75, 3.05) is 0 Å². The van der Waals surface area contributed by atoms with Crippen molar-refractivity contribution in [2.45, 2.75) is 31.8 Å². The average Bonchev–Trinajstić information content (AvgIpc) is 2.34. The molecule has 56 valence electrons. The number of aliphatic hydroxyl groups is 1. The molecule has 0 bridgehead atoms. The number of rotatable bonds is 0. The summed E-state index contributed by atoms with van der Waals surface area (Å²) in [6.07, 6.45) is 9.21. The second-order valence-corrected chi connectivity index (χ2v) is 3.49. The zero-order chi connectivity index (χ0) is 6.97. The highest BCUT2D eigenvalue weighted by Crippen LogP contribution is 2.38. The Labute approximate surface area is 61.8 Å². The predicted octanol–water partition coefficient (Wildman–Crippen LogP) is 1.72. The van der Waals surface area contributed by atoms with Crippen molar-refractivity contribution in [3.8, 4) is 0 Å². The molecule has 0 heterocycles. The van der Waals surface area contributed by atoms with E-state index in [1.165, 1.54) is 19.3 Å². The van der Waals surface area contributed by atoms with Crippen LogP contribution in [0.5, 0.6) is 0 Å². The van der Waals surface area contributed by atoms with Gasteiger partial charge in [-0.05, 0) is 31.6 Å². The molecule has 0 aliphatic heterocycles. The van der Waals surface area contributed by atoms with Crippen molar-refractivity contribution in [3.63, 3.8) is 0 Å². The number of aliphatic hydroxyl groups excluding tert-OH is 1. The molecule has 0 aromatic heterocycles. The molecule has 10 heavy (non-hydrogen) atoms. The minimum Gasteiger partial charge on any atom is -0.393 e. The maximum absolute atomic E-state index is 9.47. The van der Waals surface area contributed by atoms with E-state index >= 15 is 0 Å². The first-order chi connectivity index (χ1) is 4.88. The van der Waals surface area contributed by atoms with E-state index in [0.29, 0.717) is 5.92 Å². The lowest BCUT2D eigenvalue weighted by Gasteiger charge is -2.21. The molecule has 1 saturated carbocycles. The molecule has 0 aromatic rings. The molecule has 1 heteroatoms. The molecule has 0 spiro atoms. The lowest BCUT2D eigenvalue weighted by atomic mass is 9.86. The van der Waals surface area contributed by atoms with E-state index in [0.717, 1.165) is 12.3 Å². The molecular formula is C9H14O. The van der Waals surface area contributed by atoms with E-state index in [4.69, 9.17) is 0 Å².